The Bertz CT molecular complexity index is 487. The van der Waals surface area contributed by atoms with Crippen LogP contribution in [-0.4, -0.2) is 5.91 Å². The van der Waals surface area contributed by atoms with Gasteiger partial charge in [-0.1, -0.05) is 13.0 Å². The molecule has 0 fully saturated rings. The molecule has 0 aliphatic carbocycles. The minimum atomic E-state index is -0.161. The first kappa shape index (κ1) is 11.9. The van der Waals surface area contributed by atoms with Gasteiger partial charge in [-0.05, 0) is 30.5 Å². The molecular formula is C13H15NO2S. The Hall–Kier alpha value is -1.55. The predicted molar refractivity (Wildman–Crippen MR) is 68.3 cm³/mol. The monoisotopic (exact) mass is 249 g/mol. The number of rotatable bonds is 4. The van der Waals surface area contributed by atoms with Gasteiger partial charge in [-0.25, -0.2) is 0 Å². The van der Waals surface area contributed by atoms with E-state index in [-0.39, 0.29) is 11.9 Å². The summed E-state index contributed by atoms with van der Waals surface area (Å²) in [7, 11) is 0. The van der Waals surface area contributed by atoms with E-state index < -0.39 is 0 Å². The van der Waals surface area contributed by atoms with Crippen molar-refractivity contribution in [3.63, 3.8) is 0 Å². The van der Waals surface area contributed by atoms with Gasteiger partial charge < -0.3 is 9.73 Å². The molecule has 0 saturated heterocycles. The Morgan fingerprint density at radius 2 is 2.29 bits per heavy atom. The normalized spacial score (nSPS) is 12.4. The topological polar surface area (TPSA) is 42.2 Å². The summed E-state index contributed by atoms with van der Waals surface area (Å²) in [5, 5.41) is 4.91. The quantitative estimate of drug-likeness (QED) is 0.902. The van der Waals surface area contributed by atoms with Gasteiger partial charge in [0, 0.05) is 11.3 Å². The molecule has 0 spiro atoms. The molecule has 90 valence electrons. The summed E-state index contributed by atoms with van der Waals surface area (Å²) in [5.74, 6) is 1.05. The van der Waals surface area contributed by atoms with Crippen LogP contribution in [0.5, 0.6) is 0 Å². The maximum Gasteiger partial charge on any atom is 0.287 e. The van der Waals surface area contributed by atoms with Gasteiger partial charge in [-0.15, -0.1) is 11.3 Å². The van der Waals surface area contributed by atoms with Crippen molar-refractivity contribution < 1.29 is 9.21 Å². The highest BCUT2D eigenvalue weighted by Gasteiger charge is 2.14. The maximum absolute atomic E-state index is 11.9. The molecule has 1 atom stereocenters. The van der Waals surface area contributed by atoms with Crippen LogP contribution in [-0.2, 0) is 6.42 Å². The maximum atomic E-state index is 11.9. The van der Waals surface area contributed by atoms with Crippen molar-refractivity contribution in [3.05, 3.63) is 46.0 Å². The lowest BCUT2D eigenvalue weighted by atomic mass is 10.2. The molecule has 17 heavy (non-hydrogen) atoms. The second-order valence-electron chi connectivity index (χ2n) is 3.83. The lowest BCUT2D eigenvalue weighted by molar-refractivity contribution is 0.0911. The second kappa shape index (κ2) is 5.19. The van der Waals surface area contributed by atoms with E-state index in [2.05, 4.69) is 5.32 Å². The van der Waals surface area contributed by atoms with E-state index in [1.165, 1.54) is 0 Å². The third-order valence-electron chi connectivity index (χ3n) is 2.55. The van der Waals surface area contributed by atoms with Crippen molar-refractivity contribution in [3.8, 4) is 0 Å². The first-order valence-corrected chi connectivity index (χ1v) is 6.51. The molecule has 2 rings (SSSR count). The van der Waals surface area contributed by atoms with Crippen LogP contribution < -0.4 is 5.32 Å². The van der Waals surface area contributed by atoms with Crippen LogP contribution in [0.3, 0.4) is 0 Å². The molecule has 1 N–H and O–H groups in total. The van der Waals surface area contributed by atoms with Crippen LogP contribution in [0.1, 0.15) is 41.1 Å². The third kappa shape index (κ3) is 2.77. The fraction of sp³-hybridized carbons (Fsp3) is 0.308. The summed E-state index contributed by atoms with van der Waals surface area (Å²) in [4.78, 5) is 13.0. The number of hydrogen-bond acceptors (Lipinski definition) is 3. The fourth-order valence-corrected chi connectivity index (χ4v) is 2.30. The minimum absolute atomic E-state index is 0.0117. The number of furan rings is 1. The van der Waals surface area contributed by atoms with Gasteiger partial charge in [0.1, 0.15) is 5.76 Å². The third-order valence-corrected chi connectivity index (χ3v) is 3.61. The van der Waals surface area contributed by atoms with Gasteiger partial charge in [0.2, 0.25) is 0 Å². The highest BCUT2D eigenvalue weighted by Crippen LogP contribution is 2.19. The van der Waals surface area contributed by atoms with E-state index in [1.807, 2.05) is 37.4 Å². The Kier molecular flexibility index (Phi) is 3.64. The van der Waals surface area contributed by atoms with Crippen molar-refractivity contribution in [2.45, 2.75) is 26.3 Å². The molecule has 0 bridgehead atoms. The molecule has 3 nitrogen and oxygen atoms in total. The van der Waals surface area contributed by atoms with Crippen molar-refractivity contribution in [1.29, 1.82) is 0 Å². The number of amides is 1. The van der Waals surface area contributed by atoms with E-state index in [0.717, 1.165) is 17.1 Å². The summed E-state index contributed by atoms with van der Waals surface area (Å²) >= 11 is 1.63. The molecule has 0 aliphatic heterocycles. The van der Waals surface area contributed by atoms with E-state index in [0.29, 0.717) is 5.76 Å². The SMILES string of the molecule is CCc1ccc(C(=O)N[C@H](C)c2cccs2)o1. The number of carbonyl (C=O) groups excluding carboxylic acids is 1. The Morgan fingerprint density at radius 1 is 1.47 bits per heavy atom. The highest BCUT2D eigenvalue weighted by molar-refractivity contribution is 7.10. The molecule has 2 aromatic heterocycles. The largest absolute Gasteiger partial charge is 0.456 e. The standard InChI is InChI=1S/C13H15NO2S/c1-3-10-6-7-11(16-10)13(15)14-9(2)12-5-4-8-17-12/h4-9H,3H2,1-2H3,(H,14,15)/t9-/m1/s1. The van der Waals surface area contributed by atoms with E-state index >= 15 is 0 Å². The number of hydrogen-bond donors (Lipinski definition) is 1. The highest BCUT2D eigenvalue weighted by atomic mass is 32.1. The van der Waals surface area contributed by atoms with Crippen molar-refractivity contribution in [2.24, 2.45) is 0 Å². The summed E-state index contributed by atoms with van der Waals surface area (Å²) < 4.78 is 5.40. The number of aryl methyl sites for hydroxylation is 1. The zero-order chi connectivity index (χ0) is 12.3. The zero-order valence-electron chi connectivity index (χ0n) is 9.90. The van der Waals surface area contributed by atoms with Gasteiger partial charge in [0.15, 0.2) is 5.76 Å². The van der Waals surface area contributed by atoms with Crippen molar-refractivity contribution in [2.75, 3.05) is 0 Å². The Morgan fingerprint density at radius 3 is 2.88 bits per heavy atom. The molecule has 0 unspecified atom stereocenters. The number of nitrogens with one attached hydrogen (secondary N) is 1. The van der Waals surface area contributed by atoms with Gasteiger partial charge in [0.25, 0.3) is 5.91 Å². The molecule has 0 saturated carbocycles. The predicted octanol–water partition coefficient (Wildman–Crippen LogP) is 3.39. The van der Waals surface area contributed by atoms with E-state index in [9.17, 15) is 4.79 Å². The molecule has 4 heteroatoms. The van der Waals surface area contributed by atoms with Gasteiger partial charge in [-0.3, -0.25) is 4.79 Å². The van der Waals surface area contributed by atoms with E-state index in [1.54, 1.807) is 17.4 Å². The number of carbonyl (C=O) groups is 1. The Balaban J connectivity index is 2.01. The molecule has 1 amide bonds. The summed E-state index contributed by atoms with van der Waals surface area (Å²) in [5.41, 5.74) is 0. The van der Waals surface area contributed by atoms with Crippen LogP contribution in [0.2, 0.25) is 0 Å². The van der Waals surface area contributed by atoms with Crippen LogP contribution in [0, 0.1) is 0 Å². The van der Waals surface area contributed by atoms with Crippen LogP contribution in [0.25, 0.3) is 0 Å². The van der Waals surface area contributed by atoms with Crippen molar-refractivity contribution in [1.82, 2.24) is 5.32 Å². The molecule has 2 aromatic rings. The summed E-state index contributed by atoms with van der Waals surface area (Å²) in [6.45, 7) is 3.96. The molecule has 0 aromatic carbocycles. The fourth-order valence-electron chi connectivity index (χ4n) is 1.57. The van der Waals surface area contributed by atoms with Gasteiger partial charge in [-0.2, -0.15) is 0 Å². The smallest absolute Gasteiger partial charge is 0.287 e. The summed E-state index contributed by atoms with van der Waals surface area (Å²) in [6.07, 6.45) is 0.799. The molecule has 2 heterocycles. The lowest BCUT2D eigenvalue weighted by Crippen LogP contribution is -2.25. The lowest BCUT2D eigenvalue weighted by Gasteiger charge is -2.10. The molecule has 0 aliphatic rings. The van der Waals surface area contributed by atoms with Crippen LogP contribution >= 0.6 is 11.3 Å². The van der Waals surface area contributed by atoms with Crippen molar-refractivity contribution >= 4 is 17.2 Å². The first-order valence-electron chi connectivity index (χ1n) is 5.63. The first-order chi connectivity index (χ1) is 8.20. The zero-order valence-corrected chi connectivity index (χ0v) is 10.7. The van der Waals surface area contributed by atoms with Gasteiger partial charge in [0.05, 0.1) is 6.04 Å². The average molecular weight is 249 g/mol. The molecular weight excluding hydrogens is 234 g/mol. The minimum Gasteiger partial charge on any atom is -0.456 e. The summed E-state index contributed by atoms with van der Waals surface area (Å²) in [6, 6.07) is 7.55. The number of thiophene rings is 1. The second-order valence-corrected chi connectivity index (χ2v) is 4.81. The average Bonchev–Trinajstić information content (AvgIpc) is 3.00. The van der Waals surface area contributed by atoms with Crippen LogP contribution in [0.4, 0.5) is 0 Å². The Labute approximate surface area is 104 Å². The van der Waals surface area contributed by atoms with Crippen LogP contribution in [0.15, 0.2) is 34.1 Å². The van der Waals surface area contributed by atoms with E-state index in [4.69, 9.17) is 4.42 Å². The molecule has 0 radical (unpaired) electrons. The van der Waals surface area contributed by atoms with Gasteiger partial charge >= 0.3 is 0 Å².